The molecule has 1 aromatic heterocycles. The summed E-state index contributed by atoms with van der Waals surface area (Å²) in [6.07, 6.45) is 5.23. The highest BCUT2D eigenvalue weighted by molar-refractivity contribution is 8.00. The lowest BCUT2D eigenvalue weighted by Gasteiger charge is -2.25. The second-order valence-corrected chi connectivity index (χ2v) is 7.32. The highest BCUT2D eigenvalue weighted by Gasteiger charge is 2.22. The Kier molecular flexibility index (Phi) is 5.68. The Morgan fingerprint density at radius 3 is 2.64 bits per heavy atom. The van der Waals surface area contributed by atoms with E-state index in [9.17, 15) is 13.6 Å². The first kappa shape index (κ1) is 17.9. The number of halogens is 2. The number of thioether (sulfide) groups is 1. The number of carbonyl (C=O) groups excluding carboxylic acids is 1. The van der Waals surface area contributed by atoms with E-state index < -0.39 is 17.6 Å². The third-order valence-corrected chi connectivity index (χ3v) is 5.56. The van der Waals surface area contributed by atoms with Crippen LogP contribution in [0.3, 0.4) is 0 Å². The number of nitrogens with zero attached hydrogens (tertiary/aromatic N) is 1. The van der Waals surface area contributed by atoms with Gasteiger partial charge in [-0.2, -0.15) is 0 Å². The van der Waals surface area contributed by atoms with E-state index in [2.05, 4.69) is 4.98 Å². The highest BCUT2D eigenvalue weighted by atomic mass is 32.2. The molecule has 0 atom stereocenters. The average molecular weight is 363 g/mol. The van der Waals surface area contributed by atoms with Gasteiger partial charge in [0.15, 0.2) is 0 Å². The molecule has 1 fully saturated rings. The van der Waals surface area contributed by atoms with Crippen LogP contribution in [0.2, 0.25) is 0 Å². The van der Waals surface area contributed by atoms with Crippen molar-refractivity contribution in [3.05, 3.63) is 47.7 Å². The van der Waals surface area contributed by atoms with Crippen LogP contribution < -0.4 is 0 Å². The van der Waals surface area contributed by atoms with Gasteiger partial charge in [0.05, 0.1) is 6.61 Å². The number of hydrogen-bond acceptors (Lipinski definition) is 4. The van der Waals surface area contributed by atoms with E-state index in [0.29, 0.717) is 10.8 Å². The topological polar surface area (TPSA) is 39.2 Å². The van der Waals surface area contributed by atoms with Crippen LogP contribution >= 0.6 is 11.8 Å². The van der Waals surface area contributed by atoms with Crippen molar-refractivity contribution in [2.24, 2.45) is 0 Å². The predicted octanol–water partition coefficient (Wildman–Crippen LogP) is 4.78. The molecule has 1 saturated carbocycles. The second kappa shape index (κ2) is 7.95. The molecule has 6 heteroatoms. The largest absolute Gasteiger partial charge is 0.466 e. The molecule has 0 unspecified atom stereocenters. The molecule has 132 valence electrons. The number of aromatic nitrogens is 1. The summed E-state index contributed by atoms with van der Waals surface area (Å²) < 4.78 is 33.5. The van der Waals surface area contributed by atoms with Crippen LogP contribution in [-0.2, 0) is 16.0 Å². The molecule has 0 radical (unpaired) electrons. The maximum absolute atomic E-state index is 14.4. The molecule has 1 aromatic carbocycles. The van der Waals surface area contributed by atoms with E-state index >= 15 is 0 Å². The lowest BCUT2D eigenvalue weighted by atomic mass is 10.00. The molecule has 1 aliphatic carbocycles. The van der Waals surface area contributed by atoms with Crippen molar-refractivity contribution in [2.75, 3.05) is 6.61 Å². The van der Waals surface area contributed by atoms with Crippen LogP contribution in [0.1, 0.15) is 31.7 Å². The van der Waals surface area contributed by atoms with Gasteiger partial charge in [0, 0.05) is 35.9 Å². The Bertz CT molecular complexity index is 755. The zero-order chi connectivity index (χ0) is 17.8. The lowest BCUT2D eigenvalue weighted by molar-refractivity contribution is -0.140. The molecule has 0 aliphatic heterocycles. The average Bonchev–Trinajstić information content (AvgIpc) is 2.53. The van der Waals surface area contributed by atoms with Gasteiger partial charge in [-0.05, 0) is 36.6 Å². The van der Waals surface area contributed by atoms with Crippen molar-refractivity contribution < 1.29 is 18.3 Å². The monoisotopic (exact) mass is 363 g/mol. The molecule has 25 heavy (non-hydrogen) atoms. The van der Waals surface area contributed by atoms with E-state index in [1.165, 1.54) is 25.5 Å². The highest BCUT2D eigenvalue weighted by Crippen LogP contribution is 2.40. The number of rotatable bonds is 6. The first-order valence-corrected chi connectivity index (χ1v) is 9.16. The van der Waals surface area contributed by atoms with Crippen LogP contribution in [0.5, 0.6) is 0 Å². The number of hydrogen-bond donors (Lipinski definition) is 0. The maximum atomic E-state index is 14.4. The standard InChI is InChI=1S/C19H19F2NO2S/c1-12(23)24-9-7-16-17(20)10-13(11-18(16)21)15-6-3-8-22-19(15)25-14-4-2-5-14/h3,6,8,10-11,14H,2,4-5,7,9H2,1H3. The minimum absolute atomic E-state index is 0.00818. The molecular weight excluding hydrogens is 344 g/mol. The Balaban J connectivity index is 1.84. The van der Waals surface area contributed by atoms with Crippen molar-refractivity contribution in [3.63, 3.8) is 0 Å². The maximum Gasteiger partial charge on any atom is 0.302 e. The SMILES string of the molecule is CC(=O)OCCc1c(F)cc(-c2cccnc2SC2CCC2)cc1F. The predicted molar refractivity (Wildman–Crippen MR) is 93.4 cm³/mol. The zero-order valence-electron chi connectivity index (χ0n) is 13.9. The summed E-state index contributed by atoms with van der Waals surface area (Å²) in [6.45, 7) is 1.22. The van der Waals surface area contributed by atoms with Crippen molar-refractivity contribution >= 4 is 17.7 Å². The summed E-state index contributed by atoms with van der Waals surface area (Å²) in [4.78, 5) is 15.2. The third-order valence-electron chi connectivity index (χ3n) is 4.21. The van der Waals surface area contributed by atoms with Gasteiger partial charge in [-0.15, -0.1) is 11.8 Å². The van der Waals surface area contributed by atoms with Gasteiger partial charge in [0.25, 0.3) is 0 Å². The summed E-state index contributed by atoms with van der Waals surface area (Å²) >= 11 is 1.67. The fourth-order valence-electron chi connectivity index (χ4n) is 2.65. The fraction of sp³-hybridized carbons (Fsp3) is 0.368. The van der Waals surface area contributed by atoms with Crippen LogP contribution in [-0.4, -0.2) is 22.8 Å². The lowest BCUT2D eigenvalue weighted by Crippen LogP contribution is -2.13. The van der Waals surface area contributed by atoms with E-state index in [-0.39, 0.29) is 18.6 Å². The zero-order valence-corrected chi connectivity index (χ0v) is 14.7. The number of pyridine rings is 1. The van der Waals surface area contributed by atoms with E-state index in [4.69, 9.17) is 4.74 Å². The minimum Gasteiger partial charge on any atom is -0.466 e. The number of benzene rings is 1. The van der Waals surface area contributed by atoms with Crippen molar-refractivity contribution in [2.45, 2.75) is 42.9 Å². The first-order valence-electron chi connectivity index (χ1n) is 8.28. The third kappa shape index (κ3) is 4.37. The molecular formula is C19H19F2NO2S. The summed E-state index contributed by atoms with van der Waals surface area (Å²) in [5, 5.41) is 1.34. The first-order chi connectivity index (χ1) is 12.0. The van der Waals surface area contributed by atoms with Gasteiger partial charge < -0.3 is 4.74 Å². The molecule has 1 heterocycles. The summed E-state index contributed by atoms with van der Waals surface area (Å²) in [5.41, 5.74) is 1.15. The van der Waals surface area contributed by atoms with Crippen LogP contribution in [0.25, 0.3) is 11.1 Å². The Labute approximate surface area is 149 Å². The van der Waals surface area contributed by atoms with Gasteiger partial charge >= 0.3 is 5.97 Å². The fourth-order valence-corrected chi connectivity index (χ4v) is 3.96. The van der Waals surface area contributed by atoms with Crippen LogP contribution in [0, 0.1) is 11.6 Å². The van der Waals surface area contributed by atoms with Crippen molar-refractivity contribution in [3.8, 4) is 11.1 Å². The van der Waals surface area contributed by atoms with Gasteiger partial charge in [0.1, 0.15) is 16.7 Å². The van der Waals surface area contributed by atoms with Gasteiger partial charge in [0.2, 0.25) is 0 Å². The molecule has 1 aliphatic rings. The Hall–Kier alpha value is -1.95. The number of carbonyl (C=O) groups is 1. The van der Waals surface area contributed by atoms with E-state index in [1.54, 1.807) is 24.0 Å². The summed E-state index contributed by atoms with van der Waals surface area (Å²) in [6, 6.07) is 6.26. The smallest absolute Gasteiger partial charge is 0.302 e. The normalized spacial score (nSPS) is 14.2. The quantitative estimate of drug-likeness (QED) is 0.693. The molecule has 0 spiro atoms. The summed E-state index contributed by atoms with van der Waals surface area (Å²) in [7, 11) is 0. The Morgan fingerprint density at radius 2 is 2.04 bits per heavy atom. The number of ether oxygens (including phenoxy) is 1. The molecule has 0 bridgehead atoms. The van der Waals surface area contributed by atoms with Crippen molar-refractivity contribution in [1.29, 1.82) is 0 Å². The van der Waals surface area contributed by atoms with E-state index in [1.807, 2.05) is 6.07 Å². The molecule has 0 saturated heterocycles. The van der Waals surface area contributed by atoms with Gasteiger partial charge in [-0.3, -0.25) is 4.79 Å². The molecule has 3 rings (SSSR count). The van der Waals surface area contributed by atoms with E-state index in [0.717, 1.165) is 23.4 Å². The number of esters is 1. The minimum atomic E-state index is -0.634. The second-order valence-electron chi connectivity index (χ2n) is 6.04. The summed E-state index contributed by atoms with van der Waals surface area (Å²) in [5.74, 6) is -1.73. The van der Waals surface area contributed by atoms with Crippen LogP contribution in [0.15, 0.2) is 35.5 Å². The van der Waals surface area contributed by atoms with Gasteiger partial charge in [-0.1, -0.05) is 12.5 Å². The molecule has 2 aromatic rings. The molecule has 3 nitrogen and oxygen atoms in total. The van der Waals surface area contributed by atoms with Crippen molar-refractivity contribution in [1.82, 2.24) is 4.98 Å². The van der Waals surface area contributed by atoms with Crippen LogP contribution in [0.4, 0.5) is 8.78 Å². The van der Waals surface area contributed by atoms with Gasteiger partial charge in [-0.25, -0.2) is 13.8 Å². The molecule has 0 N–H and O–H groups in total. The Morgan fingerprint density at radius 1 is 1.32 bits per heavy atom. The molecule has 0 amide bonds.